The smallest absolute Gasteiger partial charge is 0.0561 e. The Morgan fingerprint density at radius 2 is 0.768 bits per heavy atom. The SMILES string of the molecule is c1ccc(-c2ccccc2-c2cccc(N(c3ccc4c5ccccc5n(-c5ccccc5)c4c3)c3ccccc3-c3ccccc3-c3ccccc3)c2)cc1. The van der Waals surface area contributed by atoms with Crippen molar-refractivity contribution < 1.29 is 0 Å². The molecule has 0 atom stereocenters. The number of benzene rings is 9. The fourth-order valence-corrected chi connectivity index (χ4v) is 8.28. The van der Waals surface area contributed by atoms with Crippen molar-refractivity contribution >= 4 is 38.9 Å². The number of para-hydroxylation sites is 3. The Kier molecular flexibility index (Phi) is 8.55. The first kappa shape index (κ1) is 33.2. The Morgan fingerprint density at radius 1 is 0.286 bits per heavy atom. The van der Waals surface area contributed by atoms with Gasteiger partial charge in [-0.2, -0.15) is 0 Å². The van der Waals surface area contributed by atoms with Crippen LogP contribution in [-0.2, 0) is 0 Å². The van der Waals surface area contributed by atoms with E-state index in [0.717, 1.165) is 39.4 Å². The van der Waals surface area contributed by atoms with Crippen LogP contribution in [0.5, 0.6) is 0 Å². The van der Waals surface area contributed by atoms with E-state index in [9.17, 15) is 0 Å². The molecule has 1 aromatic heterocycles. The van der Waals surface area contributed by atoms with E-state index in [0.29, 0.717) is 0 Å². The molecule has 0 N–H and O–H groups in total. The van der Waals surface area contributed by atoms with Crippen LogP contribution in [0.2, 0.25) is 0 Å². The monoisotopic (exact) mass is 714 g/mol. The topological polar surface area (TPSA) is 8.17 Å². The average Bonchev–Trinajstić information content (AvgIpc) is 3.61. The molecule has 0 aliphatic rings. The van der Waals surface area contributed by atoms with Crippen molar-refractivity contribution in [3.8, 4) is 50.2 Å². The second kappa shape index (κ2) is 14.4. The molecule has 0 spiro atoms. The standard InChI is InChI=1S/C54H38N2/c1-4-19-39(20-5-1)45-27-10-11-29-47(45)41-23-18-26-43(37-41)55(52-33-16-14-31-49(52)48-30-13-12-28-46(48)40-21-6-2-7-22-40)44-35-36-51-50-32-15-17-34-53(50)56(54(51)38-44)42-24-8-3-9-25-42/h1-38H. The first-order chi connectivity index (χ1) is 27.8. The largest absolute Gasteiger partial charge is 0.310 e. The van der Waals surface area contributed by atoms with Crippen LogP contribution >= 0.6 is 0 Å². The molecule has 0 unspecified atom stereocenters. The lowest BCUT2D eigenvalue weighted by Gasteiger charge is -2.29. The van der Waals surface area contributed by atoms with Crippen LogP contribution in [-0.4, -0.2) is 4.57 Å². The van der Waals surface area contributed by atoms with Gasteiger partial charge in [-0.25, -0.2) is 0 Å². The molecule has 264 valence electrons. The molecule has 0 radical (unpaired) electrons. The van der Waals surface area contributed by atoms with Crippen LogP contribution < -0.4 is 4.90 Å². The van der Waals surface area contributed by atoms with Gasteiger partial charge in [0.1, 0.15) is 0 Å². The van der Waals surface area contributed by atoms with Gasteiger partial charge in [0.15, 0.2) is 0 Å². The minimum Gasteiger partial charge on any atom is -0.310 e. The molecule has 0 saturated heterocycles. The molecule has 2 heteroatoms. The Morgan fingerprint density at radius 3 is 1.46 bits per heavy atom. The fourth-order valence-electron chi connectivity index (χ4n) is 8.28. The van der Waals surface area contributed by atoms with Gasteiger partial charge >= 0.3 is 0 Å². The zero-order valence-electron chi connectivity index (χ0n) is 30.8. The molecule has 10 rings (SSSR count). The van der Waals surface area contributed by atoms with E-state index in [4.69, 9.17) is 0 Å². The normalized spacial score (nSPS) is 11.2. The molecular weight excluding hydrogens is 677 g/mol. The average molecular weight is 715 g/mol. The summed E-state index contributed by atoms with van der Waals surface area (Å²) in [6.07, 6.45) is 0. The van der Waals surface area contributed by atoms with Crippen LogP contribution in [0.15, 0.2) is 231 Å². The minimum absolute atomic E-state index is 1.08. The summed E-state index contributed by atoms with van der Waals surface area (Å²) in [6.45, 7) is 0. The quantitative estimate of drug-likeness (QED) is 0.152. The Labute approximate surface area is 327 Å². The molecule has 0 aliphatic carbocycles. The van der Waals surface area contributed by atoms with E-state index in [1.54, 1.807) is 0 Å². The number of hydrogen-bond donors (Lipinski definition) is 0. The van der Waals surface area contributed by atoms with Crippen molar-refractivity contribution in [2.24, 2.45) is 0 Å². The van der Waals surface area contributed by atoms with Gasteiger partial charge in [-0.1, -0.05) is 182 Å². The highest BCUT2D eigenvalue weighted by Gasteiger charge is 2.22. The molecule has 0 amide bonds. The molecule has 1 heterocycles. The van der Waals surface area contributed by atoms with Crippen molar-refractivity contribution in [3.63, 3.8) is 0 Å². The first-order valence-corrected chi connectivity index (χ1v) is 19.2. The van der Waals surface area contributed by atoms with Crippen molar-refractivity contribution in [2.75, 3.05) is 4.90 Å². The lowest BCUT2D eigenvalue weighted by molar-refractivity contribution is 1.18. The lowest BCUT2D eigenvalue weighted by Crippen LogP contribution is -2.11. The number of nitrogens with zero attached hydrogens (tertiary/aromatic N) is 2. The summed E-state index contributed by atoms with van der Waals surface area (Å²) in [4.78, 5) is 2.44. The van der Waals surface area contributed by atoms with Crippen LogP contribution in [0.4, 0.5) is 17.1 Å². The van der Waals surface area contributed by atoms with Gasteiger partial charge in [-0.3, -0.25) is 0 Å². The molecule has 10 aromatic rings. The van der Waals surface area contributed by atoms with Crippen molar-refractivity contribution in [2.45, 2.75) is 0 Å². The highest BCUT2D eigenvalue weighted by atomic mass is 15.1. The van der Waals surface area contributed by atoms with E-state index >= 15 is 0 Å². The summed E-state index contributed by atoms with van der Waals surface area (Å²) in [7, 11) is 0. The highest BCUT2D eigenvalue weighted by Crippen LogP contribution is 2.46. The van der Waals surface area contributed by atoms with Gasteiger partial charge in [0.25, 0.3) is 0 Å². The van der Waals surface area contributed by atoms with Gasteiger partial charge < -0.3 is 9.47 Å². The van der Waals surface area contributed by atoms with Crippen LogP contribution in [0.3, 0.4) is 0 Å². The summed E-state index contributed by atoms with van der Waals surface area (Å²) in [5, 5.41) is 2.46. The summed E-state index contributed by atoms with van der Waals surface area (Å²) >= 11 is 0. The molecule has 0 aliphatic heterocycles. The molecular formula is C54H38N2. The van der Waals surface area contributed by atoms with Crippen molar-refractivity contribution in [3.05, 3.63) is 231 Å². The van der Waals surface area contributed by atoms with Gasteiger partial charge in [0.2, 0.25) is 0 Å². The Hall–Kier alpha value is -7.42. The summed E-state index contributed by atoms with van der Waals surface area (Å²) in [6, 6.07) is 83.1. The molecule has 9 aromatic carbocycles. The predicted octanol–water partition coefficient (Wildman–Crippen LogP) is 14.9. The second-order valence-corrected chi connectivity index (χ2v) is 14.1. The highest BCUT2D eigenvalue weighted by molar-refractivity contribution is 6.10. The van der Waals surface area contributed by atoms with Gasteiger partial charge in [0.05, 0.1) is 16.7 Å². The number of aromatic nitrogens is 1. The van der Waals surface area contributed by atoms with Crippen LogP contribution in [0.25, 0.3) is 72.0 Å². The van der Waals surface area contributed by atoms with Crippen molar-refractivity contribution in [1.29, 1.82) is 0 Å². The maximum absolute atomic E-state index is 2.44. The van der Waals surface area contributed by atoms with E-state index in [1.807, 2.05) is 0 Å². The number of fused-ring (bicyclic) bond motifs is 3. The molecule has 0 saturated carbocycles. The van der Waals surface area contributed by atoms with Gasteiger partial charge in [0, 0.05) is 33.4 Å². The predicted molar refractivity (Wildman–Crippen MR) is 237 cm³/mol. The third-order valence-corrected chi connectivity index (χ3v) is 10.8. The maximum Gasteiger partial charge on any atom is 0.0561 e. The molecule has 0 bridgehead atoms. The summed E-state index contributed by atoms with van der Waals surface area (Å²) in [5.74, 6) is 0. The number of hydrogen-bond acceptors (Lipinski definition) is 1. The van der Waals surface area contributed by atoms with E-state index < -0.39 is 0 Å². The lowest BCUT2D eigenvalue weighted by atomic mass is 9.92. The number of anilines is 3. The second-order valence-electron chi connectivity index (χ2n) is 14.1. The number of rotatable bonds is 8. The van der Waals surface area contributed by atoms with Crippen molar-refractivity contribution in [1.82, 2.24) is 4.57 Å². The van der Waals surface area contributed by atoms with E-state index in [2.05, 4.69) is 240 Å². The molecule has 56 heavy (non-hydrogen) atoms. The zero-order valence-corrected chi connectivity index (χ0v) is 30.8. The molecule has 2 nitrogen and oxygen atoms in total. The van der Waals surface area contributed by atoms with Crippen LogP contribution in [0.1, 0.15) is 0 Å². The Balaban J connectivity index is 1.23. The maximum atomic E-state index is 2.44. The Bertz CT molecular complexity index is 2960. The van der Waals surface area contributed by atoms with E-state index in [-0.39, 0.29) is 0 Å². The molecule has 0 fully saturated rings. The summed E-state index contributed by atoms with van der Waals surface area (Å²) < 4.78 is 2.40. The minimum atomic E-state index is 1.08. The van der Waals surface area contributed by atoms with E-state index in [1.165, 1.54) is 49.7 Å². The first-order valence-electron chi connectivity index (χ1n) is 19.2. The third kappa shape index (κ3) is 5.95. The fraction of sp³-hybridized carbons (Fsp3) is 0. The zero-order chi connectivity index (χ0) is 37.3. The third-order valence-electron chi connectivity index (χ3n) is 10.8. The van der Waals surface area contributed by atoms with Gasteiger partial charge in [-0.15, -0.1) is 0 Å². The van der Waals surface area contributed by atoms with Crippen LogP contribution in [0, 0.1) is 0 Å². The summed E-state index contributed by atoms with van der Waals surface area (Å²) in [5.41, 5.74) is 16.3. The van der Waals surface area contributed by atoms with Gasteiger partial charge in [-0.05, 0) is 87.5 Å².